The van der Waals surface area contributed by atoms with Gasteiger partial charge < -0.3 is 10.1 Å². The summed E-state index contributed by atoms with van der Waals surface area (Å²) in [5.41, 5.74) is 8.05. The van der Waals surface area contributed by atoms with Crippen molar-refractivity contribution in [3.05, 3.63) is 101 Å². The Bertz CT molecular complexity index is 1270. The van der Waals surface area contributed by atoms with E-state index in [0.717, 1.165) is 16.9 Å². The normalized spacial score (nSPS) is 10.4. The molecule has 3 rings (SSSR count). The highest BCUT2D eigenvalue weighted by atomic mass is 32.1. The van der Waals surface area contributed by atoms with Crippen LogP contribution in [-0.2, 0) is 4.79 Å². The van der Waals surface area contributed by atoms with Crippen LogP contribution in [0.1, 0.15) is 38.8 Å². The van der Waals surface area contributed by atoms with Gasteiger partial charge in [0, 0.05) is 22.9 Å². The van der Waals surface area contributed by atoms with E-state index in [9.17, 15) is 14.4 Å². The Balaban J connectivity index is 1.44. The minimum Gasteiger partial charge on any atom is -0.494 e. The molecule has 0 aliphatic heterocycles. The van der Waals surface area contributed by atoms with Gasteiger partial charge in [0.25, 0.3) is 11.8 Å². The van der Waals surface area contributed by atoms with Gasteiger partial charge in [0.2, 0.25) is 5.91 Å². The van der Waals surface area contributed by atoms with Crippen molar-refractivity contribution in [1.29, 1.82) is 0 Å². The van der Waals surface area contributed by atoms with Gasteiger partial charge in [-0.25, -0.2) is 0 Å². The first kappa shape index (κ1) is 26.1. The van der Waals surface area contributed by atoms with Crippen LogP contribution in [0, 0.1) is 6.92 Å². The van der Waals surface area contributed by atoms with Gasteiger partial charge in [0.1, 0.15) is 5.75 Å². The number of aryl methyl sites for hydroxylation is 1. The van der Waals surface area contributed by atoms with Crippen LogP contribution in [0.15, 0.2) is 78.9 Å². The number of carbonyl (C=O) groups is 3. The smallest absolute Gasteiger partial charge is 0.269 e. The molecule has 0 aliphatic carbocycles. The fourth-order valence-corrected chi connectivity index (χ4v) is 3.27. The average molecular weight is 503 g/mol. The Kier molecular flexibility index (Phi) is 9.30. The topological polar surface area (TPSA) is 109 Å². The lowest BCUT2D eigenvalue weighted by atomic mass is 10.1. The molecule has 3 amide bonds. The Morgan fingerprint density at radius 3 is 2.25 bits per heavy atom. The Morgan fingerprint density at radius 1 is 0.889 bits per heavy atom. The molecule has 3 aromatic carbocycles. The van der Waals surface area contributed by atoms with Crippen molar-refractivity contribution >= 4 is 46.8 Å². The molecular weight excluding hydrogens is 476 g/mol. The van der Waals surface area contributed by atoms with Crippen molar-refractivity contribution in [2.75, 3.05) is 11.9 Å². The molecule has 0 heterocycles. The zero-order valence-corrected chi connectivity index (χ0v) is 20.6. The first-order valence-corrected chi connectivity index (χ1v) is 11.6. The number of ether oxygens (including phenoxy) is 1. The minimum atomic E-state index is -0.465. The average Bonchev–Trinajstić information content (AvgIpc) is 2.87. The maximum absolute atomic E-state index is 12.4. The number of anilines is 1. The van der Waals surface area contributed by atoms with Gasteiger partial charge in [-0.2, -0.15) is 0 Å². The summed E-state index contributed by atoms with van der Waals surface area (Å²) < 4.78 is 5.38. The number of rotatable bonds is 7. The summed E-state index contributed by atoms with van der Waals surface area (Å²) in [6.45, 7) is 4.35. The van der Waals surface area contributed by atoms with Gasteiger partial charge in [-0.15, -0.1) is 0 Å². The monoisotopic (exact) mass is 502 g/mol. The van der Waals surface area contributed by atoms with E-state index in [1.165, 1.54) is 6.08 Å². The van der Waals surface area contributed by atoms with Crippen molar-refractivity contribution in [2.24, 2.45) is 0 Å². The number of hydrogen-bond donors (Lipinski definition) is 4. The van der Waals surface area contributed by atoms with Crippen molar-refractivity contribution in [2.45, 2.75) is 13.8 Å². The maximum atomic E-state index is 12.4. The van der Waals surface area contributed by atoms with Crippen LogP contribution < -0.4 is 26.2 Å². The highest BCUT2D eigenvalue weighted by Crippen LogP contribution is 2.14. The van der Waals surface area contributed by atoms with E-state index in [1.807, 2.05) is 50.2 Å². The zero-order chi connectivity index (χ0) is 25.9. The summed E-state index contributed by atoms with van der Waals surface area (Å²) >= 11 is 5.05. The molecule has 0 aromatic heterocycles. The number of hydrazine groups is 1. The molecule has 184 valence electrons. The predicted octanol–water partition coefficient (Wildman–Crippen LogP) is 3.99. The van der Waals surface area contributed by atoms with Gasteiger partial charge >= 0.3 is 0 Å². The second-order valence-electron chi connectivity index (χ2n) is 7.58. The molecule has 0 unspecified atom stereocenters. The van der Waals surface area contributed by atoms with E-state index >= 15 is 0 Å². The lowest BCUT2D eigenvalue weighted by molar-refractivity contribution is -0.115. The molecule has 3 aromatic rings. The molecule has 0 fully saturated rings. The van der Waals surface area contributed by atoms with Gasteiger partial charge in [-0.3, -0.25) is 30.6 Å². The number of amides is 3. The van der Waals surface area contributed by atoms with Gasteiger partial charge in [0.05, 0.1) is 6.61 Å². The third-order valence-electron chi connectivity index (χ3n) is 4.94. The van der Waals surface area contributed by atoms with E-state index in [-0.39, 0.29) is 11.0 Å². The van der Waals surface area contributed by atoms with E-state index in [0.29, 0.717) is 23.4 Å². The molecule has 9 heteroatoms. The summed E-state index contributed by atoms with van der Waals surface area (Å²) in [6, 6.07) is 20.9. The predicted molar refractivity (Wildman–Crippen MR) is 144 cm³/mol. The second kappa shape index (κ2) is 12.8. The van der Waals surface area contributed by atoms with Crippen LogP contribution in [0.4, 0.5) is 5.69 Å². The van der Waals surface area contributed by atoms with Crippen LogP contribution in [0.3, 0.4) is 0 Å². The van der Waals surface area contributed by atoms with Crippen molar-refractivity contribution in [1.82, 2.24) is 16.2 Å². The summed E-state index contributed by atoms with van der Waals surface area (Å²) in [5.74, 6) is -0.399. The zero-order valence-electron chi connectivity index (χ0n) is 19.8. The Hall–Kier alpha value is -4.50. The van der Waals surface area contributed by atoms with Crippen LogP contribution in [0.2, 0.25) is 0 Å². The number of benzene rings is 3. The largest absolute Gasteiger partial charge is 0.494 e. The lowest BCUT2D eigenvalue weighted by Gasteiger charge is -2.11. The third kappa shape index (κ3) is 7.78. The maximum Gasteiger partial charge on any atom is 0.269 e. The first-order valence-electron chi connectivity index (χ1n) is 11.1. The van der Waals surface area contributed by atoms with E-state index in [1.54, 1.807) is 42.5 Å². The number of hydrogen-bond acceptors (Lipinski definition) is 5. The standard InChI is InChI=1S/C27H26N4O4S/c1-3-35-22-15-8-19(9-16-22)10-17-24(32)29-27(36)31-30-25(33)20-11-13-21(14-12-20)28-26(34)23-7-5-4-6-18(23)2/h4-17H,3H2,1-2H3,(H,28,34)(H,30,33)(H2,29,31,32,36)/b17-10+. The molecular formula is C27H26N4O4S. The van der Waals surface area contributed by atoms with Gasteiger partial charge in [-0.05, 0) is 85.7 Å². The molecule has 0 aliphatic rings. The molecule has 8 nitrogen and oxygen atoms in total. The molecule has 0 saturated carbocycles. The molecule has 0 radical (unpaired) electrons. The molecule has 0 saturated heterocycles. The Labute approximate surface area is 214 Å². The fourth-order valence-electron chi connectivity index (χ4n) is 3.12. The molecule has 0 bridgehead atoms. The fraction of sp³-hybridized carbons (Fsp3) is 0.111. The van der Waals surface area contributed by atoms with Gasteiger partial charge in [0.15, 0.2) is 5.11 Å². The number of carbonyl (C=O) groups excluding carboxylic acids is 3. The Morgan fingerprint density at radius 2 is 1.58 bits per heavy atom. The summed E-state index contributed by atoms with van der Waals surface area (Å²) in [7, 11) is 0. The van der Waals surface area contributed by atoms with Crippen molar-refractivity contribution in [3.63, 3.8) is 0 Å². The molecule has 0 spiro atoms. The molecule has 4 N–H and O–H groups in total. The quantitative estimate of drug-likeness (QED) is 0.221. The molecule has 36 heavy (non-hydrogen) atoms. The highest BCUT2D eigenvalue weighted by Gasteiger charge is 2.10. The summed E-state index contributed by atoms with van der Waals surface area (Å²) in [4.78, 5) is 36.8. The molecule has 0 atom stereocenters. The van der Waals surface area contributed by atoms with Crippen LogP contribution >= 0.6 is 12.2 Å². The summed E-state index contributed by atoms with van der Waals surface area (Å²) in [6.07, 6.45) is 2.96. The summed E-state index contributed by atoms with van der Waals surface area (Å²) in [5, 5.41) is 5.19. The second-order valence-corrected chi connectivity index (χ2v) is 7.99. The van der Waals surface area contributed by atoms with Crippen molar-refractivity contribution in [3.8, 4) is 5.75 Å². The van der Waals surface area contributed by atoms with E-state index in [4.69, 9.17) is 17.0 Å². The number of thiocarbonyl (C=S) groups is 1. The first-order chi connectivity index (χ1) is 17.4. The minimum absolute atomic E-state index is 0.0631. The van der Waals surface area contributed by atoms with Crippen LogP contribution in [0.5, 0.6) is 5.75 Å². The van der Waals surface area contributed by atoms with Crippen LogP contribution in [-0.4, -0.2) is 29.4 Å². The van der Waals surface area contributed by atoms with Crippen LogP contribution in [0.25, 0.3) is 6.08 Å². The van der Waals surface area contributed by atoms with Crippen molar-refractivity contribution < 1.29 is 19.1 Å². The van der Waals surface area contributed by atoms with E-state index < -0.39 is 11.8 Å². The SMILES string of the molecule is CCOc1ccc(/C=C/C(=O)NC(=S)NNC(=O)c2ccc(NC(=O)c3ccccc3C)cc2)cc1. The highest BCUT2D eigenvalue weighted by molar-refractivity contribution is 7.80. The van der Waals surface area contributed by atoms with Gasteiger partial charge in [-0.1, -0.05) is 30.3 Å². The van der Waals surface area contributed by atoms with E-state index in [2.05, 4.69) is 21.5 Å². The lowest BCUT2D eigenvalue weighted by Crippen LogP contribution is -2.48. The third-order valence-corrected chi connectivity index (χ3v) is 5.14. The number of nitrogens with one attached hydrogen (secondary N) is 4.